The molecule has 1 aromatic carbocycles. The highest BCUT2D eigenvalue weighted by molar-refractivity contribution is 5.80. The van der Waals surface area contributed by atoms with Crippen LogP contribution in [0.25, 0.3) is 0 Å². The Morgan fingerprint density at radius 1 is 1.15 bits per heavy atom. The first-order chi connectivity index (χ1) is 13.1. The van der Waals surface area contributed by atoms with Gasteiger partial charge in [-0.1, -0.05) is 31.5 Å². The van der Waals surface area contributed by atoms with Crippen molar-refractivity contribution in [3.8, 4) is 5.75 Å². The summed E-state index contributed by atoms with van der Waals surface area (Å²) in [6, 6.07) is 9.53. The van der Waals surface area contributed by atoms with E-state index in [1.54, 1.807) is 4.90 Å². The highest BCUT2D eigenvalue weighted by atomic mass is 16.5. The Bertz CT molecular complexity index is 571. The van der Waals surface area contributed by atoms with E-state index in [1.807, 2.05) is 42.3 Å². The predicted octanol–water partition coefficient (Wildman–Crippen LogP) is 2.58. The topological polar surface area (TPSA) is 59.1 Å². The molecule has 1 aliphatic heterocycles. The summed E-state index contributed by atoms with van der Waals surface area (Å²) >= 11 is 0. The Morgan fingerprint density at radius 2 is 1.85 bits per heavy atom. The monoisotopic (exact) mass is 376 g/mol. The van der Waals surface area contributed by atoms with E-state index in [-0.39, 0.29) is 24.3 Å². The smallest absolute Gasteiger partial charge is 0.248 e. The summed E-state index contributed by atoms with van der Waals surface area (Å²) in [5, 5.41) is 0. The summed E-state index contributed by atoms with van der Waals surface area (Å²) in [5.41, 5.74) is 0. The molecule has 0 bridgehead atoms. The summed E-state index contributed by atoms with van der Waals surface area (Å²) in [5.74, 6) is 1.03. The summed E-state index contributed by atoms with van der Waals surface area (Å²) in [7, 11) is 1.88. The van der Waals surface area contributed by atoms with Gasteiger partial charge in [-0.05, 0) is 31.4 Å². The van der Waals surface area contributed by atoms with Crippen LogP contribution in [0.4, 0.5) is 0 Å². The maximum atomic E-state index is 12.4. The van der Waals surface area contributed by atoms with Crippen molar-refractivity contribution in [3.63, 3.8) is 0 Å². The molecule has 1 saturated heterocycles. The number of hydrogen-bond donors (Lipinski definition) is 0. The number of unbranched alkanes of at least 4 members (excludes halogenated alkanes) is 1. The van der Waals surface area contributed by atoms with Gasteiger partial charge in [0.1, 0.15) is 19.0 Å². The summed E-state index contributed by atoms with van der Waals surface area (Å²) in [6.07, 6.45) is 3.59. The van der Waals surface area contributed by atoms with Gasteiger partial charge in [-0.2, -0.15) is 0 Å². The van der Waals surface area contributed by atoms with Crippen LogP contribution >= 0.6 is 0 Å². The molecule has 0 aromatic heterocycles. The van der Waals surface area contributed by atoms with Crippen molar-refractivity contribution in [2.24, 2.45) is 5.92 Å². The molecule has 1 heterocycles. The average molecular weight is 376 g/mol. The van der Waals surface area contributed by atoms with E-state index in [1.165, 1.54) is 0 Å². The molecule has 6 nitrogen and oxygen atoms in total. The lowest BCUT2D eigenvalue weighted by Crippen LogP contribution is -2.44. The van der Waals surface area contributed by atoms with E-state index < -0.39 is 0 Å². The fourth-order valence-electron chi connectivity index (χ4n) is 3.18. The number of benzene rings is 1. The number of rotatable bonds is 10. The van der Waals surface area contributed by atoms with Crippen molar-refractivity contribution in [3.05, 3.63) is 30.3 Å². The van der Waals surface area contributed by atoms with E-state index in [9.17, 15) is 9.59 Å². The zero-order chi connectivity index (χ0) is 19.5. The minimum absolute atomic E-state index is 0.0139. The molecule has 6 heteroatoms. The lowest BCUT2D eigenvalue weighted by molar-refractivity contribution is -0.142. The van der Waals surface area contributed by atoms with Gasteiger partial charge in [0.05, 0.1) is 6.61 Å². The molecular formula is C21H32N2O4. The number of amides is 2. The second kappa shape index (κ2) is 11.6. The van der Waals surface area contributed by atoms with Gasteiger partial charge in [0, 0.05) is 32.6 Å². The van der Waals surface area contributed by atoms with E-state index >= 15 is 0 Å². The Kier molecular flexibility index (Phi) is 9.11. The third kappa shape index (κ3) is 7.21. The molecule has 0 spiro atoms. The highest BCUT2D eigenvalue weighted by Gasteiger charge is 2.28. The molecule has 0 unspecified atom stereocenters. The van der Waals surface area contributed by atoms with E-state index in [0.29, 0.717) is 26.3 Å². The number of piperidine rings is 1. The molecule has 1 aliphatic rings. The Balaban J connectivity index is 1.59. The van der Waals surface area contributed by atoms with Crippen molar-refractivity contribution < 1.29 is 19.1 Å². The van der Waals surface area contributed by atoms with E-state index in [4.69, 9.17) is 9.47 Å². The van der Waals surface area contributed by atoms with Crippen molar-refractivity contribution in [2.75, 3.05) is 46.5 Å². The predicted molar refractivity (Wildman–Crippen MR) is 105 cm³/mol. The molecule has 1 fully saturated rings. The van der Waals surface area contributed by atoms with Crippen LogP contribution in [0.1, 0.15) is 32.6 Å². The first-order valence-electron chi connectivity index (χ1n) is 9.90. The fourth-order valence-corrected chi connectivity index (χ4v) is 3.18. The molecule has 2 rings (SSSR count). The van der Waals surface area contributed by atoms with Gasteiger partial charge < -0.3 is 19.3 Å². The molecule has 150 valence electrons. The van der Waals surface area contributed by atoms with Crippen molar-refractivity contribution in [1.82, 2.24) is 9.80 Å². The lowest BCUT2D eigenvalue weighted by atomic mass is 9.95. The molecule has 2 amide bonds. The number of carbonyl (C=O) groups is 2. The molecular weight excluding hydrogens is 344 g/mol. The third-order valence-electron chi connectivity index (χ3n) is 4.89. The maximum Gasteiger partial charge on any atom is 0.248 e. The summed E-state index contributed by atoms with van der Waals surface area (Å²) < 4.78 is 11.0. The lowest BCUT2D eigenvalue weighted by Gasteiger charge is -2.33. The first-order valence-corrected chi connectivity index (χ1v) is 9.90. The largest absolute Gasteiger partial charge is 0.491 e. The van der Waals surface area contributed by atoms with Crippen LogP contribution in [0.5, 0.6) is 5.75 Å². The zero-order valence-corrected chi connectivity index (χ0v) is 16.6. The van der Waals surface area contributed by atoms with Crippen LogP contribution in [0.2, 0.25) is 0 Å². The van der Waals surface area contributed by atoms with Crippen molar-refractivity contribution in [2.45, 2.75) is 32.6 Å². The standard InChI is InChI=1S/C21H32N2O4/c1-3-4-12-22(2)21(25)18-10-13-23(14-11-18)20(24)17-26-15-16-27-19-8-6-5-7-9-19/h5-9,18H,3-4,10-17H2,1-2H3. The van der Waals surface area contributed by atoms with E-state index in [2.05, 4.69) is 6.92 Å². The second-order valence-electron chi connectivity index (χ2n) is 6.98. The van der Waals surface area contributed by atoms with E-state index in [0.717, 1.165) is 38.0 Å². The Labute approximate surface area is 162 Å². The van der Waals surface area contributed by atoms with Crippen molar-refractivity contribution >= 4 is 11.8 Å². The number of carbonyl (C=O) groups excluding carboxylic acids is 2. The second-order valence-corrected chi connectivity index (χ2v) is 6.98. The maximum absolute atomic E-state index is 12.4. The van der Waals surface area contributed by atoms with Crippen molar-refractivity contribution in [1.29, 1.82) is 0 Å². The van der Waals surface area contributed by atoms with Gasteiger partial charge in [-0.3, -0.25) is 9.59 Å². The molecule has 0 radical (unpaired) electrons. The first kappa shape index (κ1) is 21.2. The molecule has 0 atom stereocenters. The van der Waals surface area contributed by atoms with Crippen LogP contribution in [0.3, 0.4) is 0 Å². The highest BCUT2D eigenvalue weighted by Crippen LogP contribution is 2.19. The minimum atomic E-state index is -0.0139. The number of para-hydroxylation sites is 1. The molecule has 0 aliphatic carbocycles. The fraction of sp³-hybridized carbons (Fsp3) is 0.619. The third-order valence-corrected chi connectivity index (χ3v) is 4.89. The van der Waals surface area contributed by atoms with Crippen LogP contribution in [0.15, 0.2) is 30.3 Å². The number of likely N-dealkylation sites (tertiary alicyclic amines) is 1. The van der Waals surface area contributed by atoms with Gasteiger partial charge in [-0.15, -0.1) is 0 Å². The molecule has 27 heavy (non-hydrogen) atoms. The summed E-state index contributed by atoms with van der Waals surface area (Å²) in [4.78, 5) is 28.3. The zero-order valence-electron chi connectivity index (χ0n) is 16.6. The van der Waals surface area contributed by atoms with Crippen LogP contribution in [-0.4, -0.2) is 68.1 Å². The van der Waals surface area contributed by atoms with Gasteiger partial charge >= 0.3 is 0 Å². The minimum Gasteiger partial charge on any atom is -0.491 e. The van der Waals surface area contributed by atoms with Gasteiger partial charge in [0.2, 0.25) is 11.8 Å². The SMILES string of the molecule is CCCCN(C)C(=O)C1CCN(C(=O)COCCOc2ccccc2)CC1. The van der Waals surface area contributed by atoms with Gasteiger partial charge in [0.15, 0.2) is 0 Å². The summed E-state index contributed by atoms with van der Waals surface area (Å²) in [6.45, 7) is 5.04. The molecule has 1 aromatic rings. The van der Waals surface area contributed by atoms with Gasteiger partial charge in [-0.25, -0.2) is 0 Å². The number of ether oxygens (including phenoxy) is 2. The van der Waals surface area contributed by atoms with Crippen LogP contribution in [0, 0.1) is 5.92 Å². The van der Waals surface area contributed by atoms with Crippen LogP contribution < -0.4 is 4.74 Å². The van der Waals surface area contributed by atoms with Crippen LogP contribution in [-0.2, 0) is 14.3 Å². The Hall–Kier alpha value is -2.08. The quantitative estimate of drug-likeness (QED) is 0.589. The normalized spacial score (nSPS) is 14.8. The van der Waals surface area contributed by atoms with Gasteiger partial charge in [0.25, 0.3) is 0 Å². The number of nitrogens with zero attached hydrogens (tertiary/aromatic N) is 2. The number of hydrogen-bond acceptors (Lipinski definition) is 4. The molecule has 0 saturated carbocycles. The average Bonchev–Trinajstić information content (AvgIpc) is 2.72. The Morgan fingerprint density at radius 3 is 2.52 bits per heavy atom. The molecule has 0 N–H and O–H groups in total.